The molecule has 1 aliphatic heterocycles. The standard InChI is InChI=1S/C18H29FN2/c1-3-11-20-14-15-13-16(19)9-10-18(15)21-12-7-5-6-8-17(21)4-2/h9-10,13,17,20H,3-8,11-12,14H2,1-2H3. The number of nitrogens with zero attached hydrogens (tertiary/aromatic N) is 1. The fraction of sp³-hybridized carbons (Fsp3) is 0.667. The molecule has 1 fully saturated rings. The van der Waals surface area contributed by atoms with Crippen LogP contribution < -0.4 is 10.2 Å². The Bertz CT molecular complexity index is 433. The van der Waals surface area contributed by atoms with Crippen molar-refractivity contribution in [1.29, 1.82) is 0 Å². The van der Waals surface area contributed by atoms with Crippen molar-refractivity contribution in [2.75, 3.05) is 18.0 Å². The van der Waals surface area contributed by atoms with Crippen LogP contribution in [0.25, 0.3) is 0 Å². The highest BCUT2D eigenvalue weighted by Crippen LogP contribution is 2.29. The van der Waals surface area contributed by atoms with E-state index in [2.05, 4.69) is 24.1 Å². The Hall–Kier alpha value is -1.09. The number of benzene rings is 1. The third-order valence-corrected chi connectivity index (χ3v) is 4.44. The summed E-state index contributed by atoms with van der Waals surface area (Å²) in [6.07, 6.45) is 7.41. The molecular formula is C18H29FN2. The fourth-order valence-corrected chi connectivity index (χ4v) is 3.29. The van der Waals surface area contributed by atoms with E-state index in [0.29, 0.717) is 6.04 Å². The Labute approximate surface area is 128 Å². The predicted molar refractivity (Wildman–Crippen MR) is 88.3 cm³/mol. The molecule has 0 amide bonds. The molecule has 118 valence electrons. The molecule has 1 aromatic carbocycles. The Morgan fingerprint density at radius 2 is 2.10 bits per heavy atom. The van der Waals surface area contributed by atoms with Crippen LogP contribution in [-0.2, 0) is 6.54 Å². The van der Waals surface area contributed by atoms with Gasteiger partial charge < -0.3 is 10.2 Å². The van der Waals surface area contributed by atoms with Gasteiger partial charge in [-0.3, -0.25) is 0 Å². The van der Waals surface area contributed by atoms with Gasteiger partial charge in [0.15, 0.2) is 0 Å². The van der Waals surface area contributed by atoms with Crippen molar-refractivity contribution in [2.45, 2.75) is 65.0 Å². The number of anilines is 1. The molecule has 21 heavy (non-hydrogen) atoms. The van der Waals surface area contributed by atoms with E-state index >= 15 is 0 Å². The minimum atomic E-state index is -0.130. The molecule has 1 unspecified atom stereocenters. The number of nitrogens with one attached hydrogen (secondary N) is 1. The van der Waals surface area contributed by atoms with Crippen LogP contribution in [0.4, 0.5) is 10.1 Å². The van der Waals surface area contributed by atoms with E-state index in [4.69, 9.17) is 0 Å². The molecule has 0 bridgehead atoms. The molecule has 2 rings (SSSR count). The molecule has 1 atom stereocenters. The van der Waals surface area contributed by atoms with Crippen molar-refractivity contribution in [3.8, 4) is 0 Å². The smallest absolute Gasteiger partial charge is 0.123 e. The molecule has 0 aromatic heterocycles. The zero-order valence-corrected chi connectivity index (χ0v) is 13.5. The lowest BCUT2D eigenvalue weighted by Crippen LogP contribution is -2.35. The maximum absolute atomic E-state index is 13.6. The number of hydrogen-bond donors (Lipinski definition) is 1. The highest BCUT2D eigenvalue weighted by molar-refractivity contribution is 5.55. The Balaban J connectivity index is 2.22. The molecule has 2 nitrogen and oxygen atoms in total. The van der Waals surface area contributed by atoms with E-state index in [1.165, 1.54) is 37.8 Å². The SMILES string of the molecule is CCCNCc1cc(F)ccc1N1CCCCCC1CC. The van der Waals surface area contributed by atoms with Crippen LogP contribution in [0.2, 0.25) is 0 Å². The van der Waals surface area contributed by atoms with Gasteiger partial charge >= 0.3 is 0 Å². The van der Waals surface area contributed by atoms with Crippen molar-refractivity contribution >= 4 is 5.69 Å². The molecular weight excluding hydrogens is 263 g/mol. The quantitative estimate of drug-likeness (QED) is 0.777. The third kappa shape index (κ3) is 4.44. The molecule has 0 saturated carbocycles. The van der Waals surface area contributed by atoms with Gasteiger partial charge in [-0.2, -0.15) is 0 Å². The van der Waals surface area contributed by atoms with E-state index in [1.54, 1.807) is 12.1 Å². The predicted octanol–water partition coefficient (Wildman–Crippen LogP) is 4.48. The maximum atomic E-state index is 13.6. The van der Waals surface area contributed by atoms with Crippen LogP contribution in [0.3, 0.4) is 0 Å². The summed E-state index contributed by atoms with van der Waals surface area (Å²) in [6, 6.07) is 5.89. The van der Waals surface area contributed by atoms with Gasteiger partial charge in [-0.25, -0.2) is 4.39 Å². The molecule has 3 heteroatoms. The first-order valence-corrected chi connectivity index (χ1v) is 8.52. The summed E-state index contributed by atoms with van der Waals surface area (Å²) in [7, 11) is 0. The molecule has 0 radical (unpaired) electrons. The lowest BCUT2D eigenvalue weighted by molar-refractivity contribution is 0.552. The molecule has 1 aliphatic rings. The van der Waals surface area contributed by atoms with Gasteiger partial charge in [-0.1, -0.05) is 26.7 Å². The van der Waals surface area contributed by atoms with E-state index in [0.717, 1.165) is 31.6 Å². The third-order valence-electron chi connectivity index (χ3n) is 4.44. The summed E-state index contributed by atoms with van der Waals surface area (Å²) in [6.45, 7) is 7.26. The van der Waals surface area contributed by atoms with Crippen molar-refractivity contribution in [3.63, 3.8) is 0 Å². The first-order valence-electron chi connectivity index (χ1n) is 8.52. The van der Waals surface area contributed by atoms with E-state index in [1.807, 2.05) is 6.07 Å². The van der Waals surface area contributed by atoms with Gasteiger partial charge in [-0.15, -0.1) is 0 Å². The van der Waals surface area contributed by atoms with Crippen LogP contribution in [0.1, 0.15) is 57.9 Å². The highest BCUT2D eigenvalue weighted by Gasteiger charge is 2.21. The molecule has 0 spiro atoms. The van der Waals surface area contributed by atoms with Crippen molar-refractivity contribution < 1.29 is 4.39 Å². The molecule has 0 aliphatic carbocycles. The van der Waals surface area contributed by atoms with Crippen LogP contribution in [-0.4, -0.2) is 19.1 Å². The van der Waals surface area contributed by atoms with Gasteiger partial charge in [0.05, 0.1) is 0 Å². The minimum absolute atomic E-state index is 0.130. The molecule has 1 saturated heterocycles. The van der Waals surface area contributed by atoms with Gasteiger partial charge in [0, 0.05) is 24.8 Å². The van der Waals surface area contributed by atoms with Crippen molar-refractivity contribution in [2.24, 2.45) is 0 Å². The van der Waals surface area contributed by atoms with E-state index in [9.17, 15) is 4.39 Å². The second kappa shape index (κ2) is 8.38. The highest BCUT2D eigenvalue weighted by atomic mass is 19.1. The Morgan fingerprint density at radius 3 is 2.86 bits per heavy atom. The fourth-order valence-electron chi connectivity index (χ4n) is 3.29. The zero-order valence-electron chi connectivity index (χ0n) is 13.5. The molecule has 1 heterocycles. The Morgan fingerprint density at radius 1 is 1.24 bits per heavy atom. The van der Waals surface area contributed by atoms with E-state index < -0.39 is 0 Å². The summed E-state index contributed by atoms with van der Waals surface area (Å²) in [5.74, 6) is -0.130. The topological polar surface area (TPSA) is 15.3 Å². The number of hydrogen-bond acceptors (Lipinski definition) is 2. The summed E-state index contributed by atoms with van der Waals surface area (Å²) < 4.78 is 13.6. The lowest BCUT2D eigenvalue weighted by Gasteiger charge is -2.33. The number of halogens is 1. The average molecular weight is 292 g/mol. The normalized spacial score (nSPS) is 19.6. The van der Waals surface area contributed by atoms with Gasteiger partial charge in [0.25, 0.3) is 0 Å². The first kappa shape index (κ1) is 16.3. The summed E-state index contributed by atoms with van der Waals surface area (Å²) in [4.78, 5) is 2.52. The van der Waals surface area contributed by atoms with Gasteiger partial charge in [0.1, 0.15) is 5.82 Å². The van der Waals surface area contributed by atoms with Crippen LogP contribution in [0.15, 0.2) is 18.2 Å². The summed E-state index contributed by atoms with van der Waals surface area (Å²) >= 11 is 0. The van der Waals surface area contributed by atoms with Crippen molar-refractivity contribution in [1.82, 2.24) is 5.32 Å². The lowest BCUT2D eigenvalue weighted by atomic mass is 10.0. The number of rotatable bonds is 6. The molecule has 1 aromatic rings. The second-order valence-electron chi connectivity index (χ2n) is 6.05. The molecule has 1 N–H and O–H groups in total. The first-order chi connectivity index (χ1) is 10.3. The largest absolute Gasteiger partial charge is 0.368 e. The maximum Gasteiger partial charge on any atom is 0.123 e. The Kier molecular flexibility index (Phi) is 6.50. The van der Waals surface area contributed by atoms with Crippen LogP contribution in [0, 0.1) is 5.82 Å². The van der Waals surface area contributed by atoms with Gasteiger partial charge in [-0.05, 0) is 56.0 Å². The summed E-state index contributed by atoms with van der Waals surface area (Å²) in [5, 5.41) is 3.41. The summed E-state index contributed by atoms with van der Waals surface area (Å²) in [5.41, 5.74) is 2.33. The average Bonchev–Trinajstić information content (AvgIpc) is 2.73. The zero-order chi connectivity index (χ0) is 15.1. The van der Waals surface area contributed by atoms with Crippen LogP contribution in [0.5, 0.6) is 0 Å². The van der Waals surface area contributed by atoms with E-state index in [-0.39, 0.29) is 5.82 Å². The second-order valence-corrected chi connectivity index (χ2v) is 6.05. The minimum Gasteiger partial charge on any atom is -0.368 e. The van der Waals surface area contributed by atoms with Crippen molar-refractivity contribution in [3.05, 3.63) is 29.6 Å². The van der Waals surface area contributed by atoms with Gasteiger partial charge in [0.2, 0.25) is 0 Å². The monoisotopic (exact) mass is 292 g/mol. The van der Waals surface area contributed by atoms with Crippen LogP contribution >= 0.6 is 0 Å².